The number of carbonyl (C=O) groups is 1. The van der Waals surface area contributed by atoms with Crippen LogP contribution in [0.25, 0.3) is 21.7 Å². The third-order valence-electron chi connectivity index (χ3n) is 3.44. The van der Waals surface area contributed by atoms with Crippen molar-refractivity contribution in [3.8, 4) is 11.5 Å². The Morgan fingerprint density at radius 2 is 2.09 bits per heavy atom. The van der Waals surface area contributed by atoms with Crippen LogP contribution in [0.5, 0.6) is 0 Å². The van der Waals surface area contributed by atoms with E-state index in [0.717, 1.165) is 22.7 Å². The molecule has 7 nitrogen and oxygen atoms in total. The molecule has 5 N–H and O–H groups in total. The number of rotatable bonds is 3. The summed E-state index contributed by atoms with van der Waals surface area (Å²) in [5.74, 6) is 1.23. The monoisotopic (exact) mass is 317 g/mol. The summed E-state index contributed by atoms with van der Waals surface area (Å²) < 4.78 is 5.75. The summed E-state index contributed by atoms with van der Waals surface area (Å²) in [5, 5.41) is 3.48. The molecule has 22 heavy (non-hydrogen) atoms. The van der Waals surface area contributed by atoms with Crippen LogP contribution in [0.15, 0.2) is 10.5 Å². The van der Waals surface area contributed by atoms with Crippen LogP contribution in [0, 0.1) is 13.8 Å². The van der Waals surface area contributed by atoms with E-state index < -0.39 is 5.91 Å². The Bertz CT molecular complexity index is 877. The maximum atomic E-state index is 11.5. The summed E-state index contributed by atoms with van der Waals surface area (Å²) in [6.45, 7) is 3.83. The van der Waals surface area contributed by atoms with E-state index in [1.807, 2.05) is 19.9 Å². The number of aromatic nitrogens is 2. The molecule has 0 aliphatic carbocycles. The van der Waals surface area contributed by atoms with Crippen LogP contribution in [-0.2, 0) is 0 Å². The number of thiophene rings is 1. The molecule has 3 aromatic rings. The van der Waals surface area contributed by atoms with E-state index in [1.165, 1.54) is 0 Å². The first-order chi connectivity index (χ1) is 10.4. The Morgan fingerprint density at radius 1 is 1.36 bits per heavy atom. The molecule has 0 aromatic carbocycles. The highest BCUT2D eigenvalue weighted by Gasteiger charge is 2.22. The molecule has 0 aliphatic heterocycles. The summed E-state index contributed by atoms with van der Waals surface area (Å²) in [6.07, 6.45) is 0. The van der Waals surface area contributed by atoms with Crippen molar-refractivity contribution in [1.29, 1.82) is 0 Å². The molecule has 0 unspecified atom stereocenters. The average Bonchev–Trinajstić information content (AvgIpc) is 2.99. The van der Waals surface area contributed by atoms with Gasteiger partial charge in [0.1, 0.15) is 21.2 Å². The van der Waals surface area contributed by atoms with E-state index in [0.29, 0.717) is 27.6 Å². The molecule has 0 bridgehead atoms. The van der Waals surface area contributed by atoms with Crippen molar-refractivity contribution >= 4 is 39.1 Å². The van der Waals surface area contributed by atoms with Gasteiger partial charge in [0.2, 0.25) is 5.95 Å². The summed E-state index contributed by atoms with van der Waals surface area (Å²) >= 11 is 1.15. The first-order valence-electron chi connectivity index (χ1n) is 6.57. The maximum absolute atomic E-state index is 11.5. The number of nitrogens with zero attached hydrogens (tertiary/aromatic N) is 2. The van der Waals surface area contributed by atoms with Gasteiger partial charge in [0.25, 0.3) is 5.91 Å². The van der Waals surface area contributed by atoms with Crippen LogP contribution >= 0.6 is 11.3 Å². The zero-order valence-electron chi connectivity index (χ0n) is 12.4. The Morgan fingerprint density at radius 3 is 2.64 bits per heavy atom. The first-order valence-corrected chi connectivity index (χ1v) is 7.39. The summed E-state index contributed by atoms with van der Waals surface area (Å²) in [4.78, 5) is 21.2. The van der Waals surface area contributed by atoms with E-state index >= 15 is 0 Å². The predicted octanol–water partition coefficient (Wildman–Crippen LogP) is 2.29. The van der Waals surface area contributed by atoms with Crippen molar-refractivity contribution < 1.29 is 9.21 Å². The average molecular weight is 317 g/mol. The Labute approximate surface area is 130 Å². The maximum Gasteiger partial charge on any atom is 0.260 e. The Kier molecular flexibility index (Phi) is 3.25. The van der Waals surface area contributed by atoms with Gasteiger partial charge < -0.3 is 21.2 Å². The number of nitrogens with one attached hydrogen (secondary N) is 1. The molecule has 3 aromatic heterocycles. The van der Waals surface area contributed by atoms with Crippen molar-refractivity contribution in [3.05, 3.63) is 22.3 Å². The molecule has 0 aliphatic rings. The second-order valence-corrected chi connectivity index (χ2v) is 5.88. The molecule has 0 spiro atoms. The van der Waals surface area contributed by atoms with Gasteiger partial charge in [0.15, 0.2) is 5.76 Å². The van der Waals surface area contributed by atoms with Gasteiger partial charge in [-0.15, -0.1) is 11.3 Å². The van der Waals surface area contributed by atoms with E-state index in [1.54, 1.807) is 7.05 Å². The number of furan rings is 1. The van der Waals surface area contributed by atoms with E-state index in [4.69, 9.17) is 15.9 Å². The van der Waals surface area contributed by atoms with Gasteiger partial charge in [-0.3, -0.25) is 4.79 Å². The third-order valence-corrected chi connectivity index (χ3v) is 4.55. The van der Waals surface area contributed by atoms with Gasteiger partial charge in [-0.05, 0) is 25.5 Å². The number of hydrogen-bond acceptors (Lipinski definition) is 7. The molecule has 114 valence electrons. The van der Waals surface area contributed by atoms with Gasteiger partial charge in [-0.25, -0.2) is 9.97 Å². The van der Waals surface area contributed by atoms with Crippen LogP contribution in [0.2, 0.25) is 0 Å². The zero-order valence-corrected chi connectivity index (χ0v) is 13.2. The molecule has 0 fully saturated rings. The number of anilines is 2. The number of hydrogen-bond donors (Lipinski definition) is 3. The van der Waals surface area contributed by atoms with Gasteiger partial charge in [-0.1, -0.05) is 0 Å². The highest BCUT2D eigenvalue weighted by molar-refractivity contribution is 7.21. The molecule has 0 atom stereocenters. The summed E-state index contributed by atoms with van der Waals surface area (Å²) in [7, 11) is 1.72. The lowest BCUT2D eigenvalue weighted by Crippen LogP contribution is -2.10. The van der Waals surface area contributed by atoms with Gasteiger partial charge in [-0.2, -0.15) is 0 Å². The molecule has 0 radical (unpaired) electrons. The van der Waals surface area contributed by atoms with Crippen LogP contribution in [0.3, 0.4) is 0 Å². The van der Waals surface area contributed by atoms with Crippen LogP contribution in [0.1, 0.15) is 21.0 Å². The number of primary amides is 1. The van der Waals surface area contributed by atoms with Crippen molar-refractivity contribution in [2.45, 2.75) is 13.8 Å². The third kappa shape index (κ3) is 2.08. The highest BCUT2D eigenvalue weighted by Crippen LogP contribution is 2.39. The van der Waals surface area contributed by atoms with Crippen molar-refractivity contribution in [2.24, 2.45) is 5.73 Å². The SMILES string of the molecule is CNc1nc(-c2cc(C)c(C)o2)c2c(N)c(C(N)=O)sc2n1. The fourth-order valence-corrected chi connectivity index (χ4v) is 3.13. The van der Waals surface area contributed by atoms with Crippen LogP contribution < -0.4 is 16.8 Å². The number of nitrogens with two attached hydrogens (primary N) is 2. The number of fused-ring (bicyclic) bond motifs is 1. The van der Waals surface area contributed by atoms with Crippen molar-refractivity contribution in [3.63, 3.8) is 0 Å². The summed E-state index contributed by atoms with van der Waals surface area (Å²) in [6, 6.07) is 1.89. The fourth-order valence-electron chi connectivity index (χ4n) is 2.18. The minimum absolute atomic E-state index is 0.277. The lowest BCUT2D eigenvalue weighted by molar-refractivity contribution is 0.100. The Hall–Kier alpha value is -2.61. The van der Waals surface area contributed by atoms with Gasteiger partial charge >= 0.3 is 0 Å². The molecule has 0 saturated heterocycles. The molecule has 0 saturated carbocycles. The van der Waals surface area contributed by atoms with E-state index in [2.05, 4.69) is 15.3 Å². The topological polar surface area (TPSA) is 120 Å². The minimum Gasteiger partial charge on any atom is -0.459 e. The lowest BCUT2D eigenvalue weighted by Gasteiger charge is -2.04. The smallest absolute Gasteiger partial charge is 0.260 e. The highest BCUT2D eigenvalue weighted by atomic mass is 32.1. The standard InChI is InChI=1S/C14H15N5O2S/c1-5-4-7(21-6(5)2)10-8-9(15)11(12(16)20)22-13(8)19-14(17-3)18-10/h4H,15H2,1-3H3,(H2,16,20)(H,17,18,19). The van der Waals surface area contributed by atoms with E-state index in [-0.39, 0.29) is 10.6 Å². The zero-order chi connectivity index (χ0) is 16.0. The van der Waals surface area contributed by atoms with Crippen LogP contribution in [-0.4, -0.2) is 22.9 Å². The molecule has 8 heteroatoms. The molecular weight excluding hydrogens is 302 g/mol. The fraction of sp³-hybridized carbons (Fsp3) is 0.214. The van der Waals surface area contributed by atoms with Crippen LogP contribution in [0.4, 0.5) is 11.6 Å². The lowest BCUT2D eigenvalue weighted by atomic mass is 10.1. The molecule has 1 amide bonds. The van der Waals surface area contributed by atoms with Gasteiger partial charge in [0.05, 0.1) is 11.1 Å². The van der Waals surface area contributed by atoms with Crippen molar-refractivity contribution in [2.75, 3.05) is 18.1 Å². The van der Waals surface area contributed by atoms with Crippen molar-refractivity contribution in [1.82, 2.24) is 9.97 Å². The number of aryl methyl sites for hydroxylation is 2. The number of nitrogen functional groups attached to an aromatic ring is 1. The minimum atomic E-state index is -0.579. The molecular formula is C14H15N5O2S. The van der Waals surface area contributed by atoms with Gasteiger partial charge in [0, 0.05) is 7.05 Å². The largest absolute Gasteiger partial charge is 0.459 e. The number of amides is 1. The first kappa shape index (κ1) is 14.3. The second-order valence-electron chi connectivity index (χ2n) is 4.88. The Balaban J connectivity index is 2.38. The molecule has 3 heterocycles. The van der Waals surface area contributed by atoms with E-state index in [9.17, 15) is 4.79 Å². The predicted molar refractivity (Wildman–Crippen MR) is 87.1 cm³/mol. The normalized spacial score (nSPS) is 11.0. The number of carbonyl (C=O) groups excluding carboxylic acids is 1. The second kappa shape index (κ2) is 4.99. The summed E-state index contributed by atoms with van der Waals surface area (Å²) in [5.41, 5.74) is 13.3. The molecule has 3 rings (SSSR count). The quantitative estimate of drug-likeness (QED) is 0.681.